The molecular formula is C15H23N5OS. The average Bonchev–Trinajstić information content (AvgIpc) is 3.01. The van der Waals surface area contributed by atoms with Gasteiger partial charge >= 0.3 is 6.03 Å². The van der Waals surface area contributed by atoms with Crippen molar-refractivity contribution >= 4 is 17.4 Å². The highest BCUT2D eigenvalue weighted by molar-refractivity contribution is 7.09. The van der Waals surface area contributed by atoms with Crippen LogP contribution >= 0.6 is 11.3 Å². The van der Waals surface area contributed by atoms with Gasteiger partial charge in [0, 0.05) is 29.9 Å². The number of urea groups is 1. The van der Waals surface area contributed by atoms with Gasteiger partial charge in [0.05, 0.1) is 17.8 Å². The van der Waals surface area contributed by atoms with Gasteiger partial charge in [-0.05, 0) is 27.2 Å². The van der Waals surface area contributed by atoms with Crippen molar-refractivity contribution in [1.82, 2.24) is 25.4 Å². The average molecular weight is 321 g/mol. The van der Waals surface area contributed by atoms with E-state index in [0.717, 1.165) is 28.4 Å². The Bertz CT molecular complexity index is 648. The van der Waals surface area contributed by atoms with Gasteiger partial charge in [0.1, 0.15) is 5.01 Å². The van der Waals surface area contributed by atoms with Crippen molar-refractivity contribution in [2.75, 3.05) is 0 Å². The van der Waals surface area contributed by atoms with Gasteiger partial charge in [-0.15, -0.1) is 11.3 Å². The maximum Gasteiger partial charge on any atom is 0.315 e. The molecular weight excluding hydrogens is 298 g/mol. The molecule has 0 aliphatic heterocycles. The molecule has 2 heterocycles. The molecule has 22 heavy (non-hydrogen) atoms. The van der Waals surface area contributed by atoms with Crippen LogP contribution in [0.3, 0.4) is 0 Å². The van der Waals surface area contributed by atoms with Crippen LogP contribution in [0.1, 0.15) is 54.3 Å². The molecule has 2 N–H and O–H groups in total. The van der Waals surface area contributed by atoms with Crippen LogP contribution in [0.4, 0.5) is 4.79 Å². The van der Waals surface area contributed by atoms with Crippen molar-refractivity contribution < 1.29 is 4.79 Å². The zero-order valence-corrected chi connectivity index (χ0v) is 14.5. The number of aryl methyl sites for hydroxylation is 3. The molecule has 2 aromatic heterocycles. The molecule has 2 unspecified atom stereocenters. The summed E-state index contributed by atoms with van der Waals surface area (Å²) in [4.78, 5) is 16.7. The van der Waals surface area contributed by atoms with E-state index in [9.17, 15) is 4.79 Å². The lowest BCUT2D eigenvalue weighted by atomic mass is 10.1. The Morgan fingerprint density at radius 3 is 2.64 bits per heavy atom. The summed E-state index contributed by atoms with van der Waals surface area (Å²) in [6.07, 6.45) is 2.74. The lowest BCUT2D eigenvalue weighted by molar-refractivity contribution is 0.233. The highest BCUT2D eigenvalue weighted by atomic mass is 32.1. The zero-order valence-electron chi connectivity index (χ0n) is 13.7. The SMILES string of the molecule is CCC(NC(=O)NC(C)c1cn(C)nc1C)c1nc(C)cs1. The van der Waals surface area contributed by atoms with Crippen LogP contribution in [0.2, 0.25) is 0 Å². The molecule has 0 bridgehead atoms. The number of aromatic nitrogens is 3. The number of hydrogen-bond donors (Lipinski definition) is 2. The monoisotopic (exact) mass is 321 g/mol. The van der Waals surface area contributed by atoms with Crippen molar-refractivity contribution in [3.05, 3.63) is 33.5 Å². The zero-order chi connectivity index (χ0) is 16.3. The Morgan fingerprint density at radius 2 is 2.14 bits per heavy atom. The molecule has 0 saturated heterocycles. The van der Waals surface area contributed by atoms with E-state index in [2.05, 4.69) is 20.7 Å². The molecule has 2 aromatic rings. The van der Waals surface area contributed by atoms with E-state index in [1.807, 2.05) is 46.3 Å². The highest BCUT2D eigenvalue weighted by Crippen LogP contribution is 2.21. The van der Waals surface area contributed by atoms with Crippen LogP contribution in [-0.2, 0) is 7.05 Å². The quantitative estimate of drug-likeness (QED) is 0.889. The third kappa shape index (κ3) is 3.85. The minimum atomic E-state index is -0.185. The normalized spacial score (nSPS) is 13.7. The number of carbonyl (C=O) groups excluding carboxylic acids is 1. The lowest BCUT2D eigenvalue weighted by Gasteiger charge is -2.18. The molecule has 0 fully saturated rings. The lowest BCUT2D eigenvalue weighted by Crippen LogP contribution is -2.39. The number of thiazole rings is 1. The standard InChI is InChI=1S/C15H23N5OS/c1-6-13(14-16-9(2)8-22-14)18-15(21)17-10(3)12-7-20(5)19-11(12)4/h7-8,10,13H,6H2,1-5H3,(H2,17,18,21). The summed E-state index contributed by atoms with van der Waals surface area (Å²) in [5, 5.41) is 13.2. The Kier molecular flexibility index (Phi) is 5.18. The second-order valence-corrected chi connectivity index (χ2v) is 6.36. The molecule has 0 saturated carbocycles. The number of rotatable bonds is 5. The van der Waals surface area contributed by atoms with Gasteiger partial charge in [0.15, 0.2) is 0 Å². The molecule has 2 rings (SSSR count). The molecule has 0 radical (unpaired) electrons. The van der Waals surface area contributed by atoms with Gasteiger partial charge in [0.2, 0.25) is 0 Å². The Balaban J connectivity index is 1.98. The second kappa shape index (κ2) is 6.91. The molecule has 6 nitrogen and oxygen atoms in total. The third-order valence-electron chi connectivity index (χ3n) is 3.51. The molecule has 0 aromatic carbocycles. The van der Waals surface area contributed by atoms with E-state index in [-0.39, 0.29) is 18.1 Å². The fourth-order valence-corrected chi connectivity index (χ4v) is 3.32. The predicted octanol–water partition coefficient (Wildman–Crippen LogP) is 3.00. The van der Waals surface area contributed by atoms with Gasteiger partial charge in [-0.2, -0.15) is 5.10 Å². The van der Waals surface area contributed by atoms with Crippen LogP contribution in [0.25, 0.3) is 0 Å². The maximum absolute atomic E-state index is 12.2. The van der Waals surface area contributed by atoms with Crippen molar-refractivity contribution in [2.24, 2.45) is 7.05 Å². The fraction of sp³-hybridized carbons (Fsp3) is 0.533. The fourth-order valence-electron chi connectivity index (χ4n) is 2.39. The van der Waals surface area contributed by atoms with Crippen molar-refractivity contribution in [2.45, 2.75) is 46.2 Å². The van der Waals surface area contributed by atoms with E-state index >= 15 is 0 Å². The molecule has 0 spiro atoms. The molecule has 2 atom stereocenters. The van der Waals surface area contributed by atoms with E-state index in [4.69, 9.17) is 0 Å². The van der Waals surface area contributed by atoms with E-state index in [0.29, 0.717) is 0 Å². The van der Waals surface area contributed by atoms with Crippen LogP contribution in [0, 0.1) is 13.8 Å². The second-order valence-electron chi connectivity index (χ2n) is 5.47. The number of hydrogen-bond acceptors (Lipinski definition) is 4. The van der Waals surface area contributed by atoms with Gasteiger partial charge in [-0.3, -0.25) is 4.68 Å². The largest absolute Gasteiger partial charge is 0.332 e. The molecule has 120 valence electrons. The first-order chi connectivity index (χ1) is 10.4. The molecule has 0 aliphatic rings. The van der Waals surface area contributed by atoms with Gasteiger partial charge in [-0.25, -0.2) is 9.78 Å². The molecule has 2 amide bonds. The van der Waals surface area contributed by atoms with Crippen LogP contribution < -0.4 is 10.6 Å². The van der Waals surface area contributed by atoms with Gasteiger partial charge < -0.3 is 10.6 Å². The molecule has 0 aliphatic carbocycles. The molecule has 7 heteroatoms. The highest BCUT2D eigenvalue weighted by Gasteiger charge is 2.18. The third-order valence-corrected chi connectivity index (χ3v) is 4.59. The van der Waals surface area contributed by atoms with Gasteiger partial charge in [-0.1, -0.05) is 6.92 Å². The summed E-state index contributed by atoms with van der Waals surface area (Å²) in [6.45, 7) is 7.90. The van der Waals surface area contributed by atoms with Crippen LogP contribution in [0.15, 0.2) is 11.6 Å². The summed E-state index contributed by atoms with van der Waals surface area (Å²) < 4.78 is 1.76. The Morgan fingerprint density at radius 1 is 1.41 bits per heavy atom. The number of carbonyl (C=O) groups is 1. The topological polar surface area (TPSA) is 71.8 Å². The van der Waals surface area contributed by atoms with Crippen molar-refractivity contribution in [3.8, 4) is 0 Å². The van der Waals surface area contributed by atoms with Crippen molar-refractivity contribution in [1.29, 1.82) is 0 Å². The van der Waals surface area contributed by atoms with E-state index < -0.39 is 0 Å². The van der Waals surface area contributed by atoms with E-state index in [1.165, 1.54) is 0 Å². The Labute approximate surface area is 135 Å². The predicted molar refractivity (Wildman–Crippen MR) is 87.9 cm³/mol. The minimum absolute atomic E-state index is 0.0547. The first kappa shape index (κ1) is 16.5. The summed E-state index contributed by atoms with van der Waals surface area (Å²) in [7, 11) is 1.88. The van der Waals surface area contributed by atoms with Crippen molar-refractivity contribution in [3.63, 3.8) is 0 Å². The smallest absolute Gasteiger partial charge is 0.315 e. The number of amides is 2. The summed E-state index contributed by atoms with van der Waals surface area (Å²) in [5.74, 6) is 0. The Hall–Kier alpha value is -1.89. The van der Waals surface area contributed by atoms with E-state index in [1.54, 1.807) is 16.0 Å². The first-order valence-corrected chi connectivity index (χ1v) is 8.27. The van der Waals surface area contributed by atoms with Crippen LogP contribution in [-0.4, -0.2) is 20.8 Å². The summed E-state index contributed by atoms with van der Waals surface area (Å²) in [6, 6.07) is -0.333. The minimum Gasteiger partial charge on any atom is -0.332 e. The number of nitrogens with one attached hydrogen (secondary N) is 2. The van der Waals surface area contributed by atoms with Crippen LogP contribution in [0.5, 0.6) is 0 Å². The van der Waals surface area contributed by atoms with Gasteiger partial charge in [0.25, 0.3) is 0 Å². The summed E-state index contributed by atoms with van der Waals surface area (Å²) >= 11 is 1.58. The maximum atomic E-state index is 12.2. The number of nitrogens with zero attached hydrogens (tertiary/aromatic N) is 3. The summed E-state index contributed by atoms with van der Waals surface area (Å²) in [5.41, 5.74) is 2.94. The first-order valence-electron chi connectivity index (χ1n) is 7.39.